The van der Waals surface area contributed by atoms with Gasteiger partial charge in [0.2, 0.25) is 0 Å². The second-order valence-corrected chi connectivity index (χ2v) is 12.3. The Morgan fingerprint density at radius 3 is 1.45 bits per heavy atom. The van der Waals surface area contributed by atoms with Gasteiger partial charge in [0, 0.05) is 0 Å². The Hall–Kier alpha value is 0.103. The van der Waals surface area contributed by atoms with Crippen LogP contribution in [0, 0.1) is 16.2 Å². The summed E-state index contributed by atoms with van der Waals surface area (Å²) in [5.41, 5.74) is 5.91. The molecule has 0 saturated carbocycles. The molecule has 0 aliphatic heterocycles. The molecule has 0 amide bonds. The van der Waals surface area contributed by atoms with Gasteiger partial charge in [0.1, 0.15) is 0 Å². The fourth-order valence-corrected chi connectivity index (χ4v) is 4.07. The maximum absolute atomic E-state index is 2.41. The molecule has 1 rings (SSSR count). The summed E-state index contributed by atoms with van der Waals surface area (Å²) in [6, 6.07) is 4.80. The third-order valence-corrected chi connectivity index (χ3v) is 5.27. The molecule has 0 bridgehead atoms. The van der Waals surface area contributed by atoms with Crippen LogP contribution in [0.1, 0.15) is 79.0 Å². The van der Waals surface area contributed by atoms with Crippen molar-refractivity contribution >= 4 is 28.0 Å². The van der Waals surface area contributed by atoms with Crippen LogP contribution >= 0.6 is 0 Å². The first-order valence-corrected chi connectivity index (χ1v) is 10.2. The van der Waals surface area contributed by atoms with E-state index in [-0.39, 0.29) is 0 Å². The van der Waals surface area contributed by atoms with Crippen molar-refractivity contribution in [1.29, 1.82) is 0 Å². The molecule has 0 unspecified atom stereocenters. The van der Waals surface area contributed by atoms with Gasteiger partial charge in [0.05, 0.1) is 0 Å². The fraction of sp³-hybridized carbons (Fsp3) is 0.714. The van der Waals surface area contributed by atoms with Crippen molar-refractivity contribution in [2.75, 3.05) is 0 Å². The van der Waals surface area contributed by atoms with Crippen LogP contribution in [0.4, 0.5) is 0 Å². The van der Waals surface area contributed by atoms with Gasteiger partial charge in [-0.2, -0.15) is 0 Å². The summed E-state index contributed by atoms with van der Waals surface area (Å²) in [5.74, 6) is 0. The molecule has 0 N–H and O–H groups in total. The van der Waals surface area contributed by atoms with Gasteiger partial charge in [0.25, 0.3) is 0 Å². The van der Waals surface area contributed by atoms with Gasteiger partial charge in [-0.3, -0.25) is 0 Å². The molecule has 0 atom stereocenters. The third kappa shape index (κ3) is 7.12. The summed E-state index contributed by atoms with van der Waals surface area (Å²) in [7, 11) is 0. The summed E-state index contributed by atoms with van der Waals surface area (Å²) in [6.45, 7) is 21.2. The third-order valence-electron chi connectivity index (χ3n) is 3.64. The van der Waals surface area contributed by atoms with Gasteiger partial charge >= 0.3 is 155 Å². The van der Waals surface area contributed by atoms with Crippen molar-refractivity contribution in [3.05, 3.63) is 28.8 Å². The van der Waals surface area contributed by atoms with Crippen molar-refractivity contribution in [3.8, 4) is 0 Å². The number of rotatable bonds is 3. The molecule has 0 heterocycles. The fourth-order valence-electron chi connectivity index (χ4n) is 2.94. The average Bonchev–Trinajstić information content (AvgIpc) is 2.22. The predicted octanol–water partition coefficient (Wildman–Crippen LogP) is 5.25. The van der Waals surface area contributed by atoms with E-state index in [2.05, 4.69) is 74.4 Å². The Balaban J connectivity index is 3.42. The molecule has 1 aromatic carbocycles. The van der Waals surface area contributed by atoms with Crippen LogP contribution in [-0.4, -0.2) is 24.7 Å². The minimum absolute atomic E-state index is 0.339. The molecular weight excluding hydrogens is 461 g/mol. The van der Waals surface area contributed by atoms with Gasteiger partial charge in [-0.05, 0) is 0 Å². The summed E-state index contributed by atoms with van der Waals surface area (Å²) >= 11 is 1.38. The van der Waals surface area contributed by atoms with E-state index < -0.39 is 0 Å². The maximum atomic E-state index is 2.41. The molecule has 0 aromatic heterocycles. The molecule has 2 radical (unpaired) electrons. The Morgan fingerprint density at radius 1 is 0.636 bits per heavy atom. The second kappa shape index (κ2) is 6.92. The number of benzene rings is 1. The van der Waals surface area contributed by atoms with Crippen molar-refractivity contribution in [3.63, 3.8) is 0 Å². The van der Waals surface area contributed by atoms with Crippen molar-refractivity contribution in [2.24, 2.45) is 16.2 Å². The molecular formula is C21H35Bi. The molecule has 0 nitrogen and oxygen atoms in total. The normalized spacial score (nSPS) is 13.5. The first-order valence-electron chi connectivity index (χ1n) is 8.51. The van der Waals surface area contributed by atoms with E-state index in [9.17, 15) is 0 Å². The van der Waals surface area contributed by atoms with Crippen LogP contribution in [0.15, 0.2) is 12.1 Å². The molecule has 0 spiro atoms. The molecule has 0 aliphatic rings. The number of hydrogen-bond donors (Lipinski definition) is 0. The molecule has 0 saturated heterocycles. The van der Waals surface area contributed by atoms with E-state index in [0.717, 1.165) is 0 Å². The van der Waals surface area contributed by atoms with Crippen molar-refractivity contribution in [1.82, 2.24) is 0 Å². The van der Waals surface area contributed by atoms with Crippen LogP contribution in [0.3, 0.4) is 0 Å². The zero-order chi connectivity index (χ0) is 17.3. The van der Waals surface area contributed by atoms with Gasteiger partial charge in [-0.25, -0.2) is 0 Å². The zero-order valence-corrected chi connectivity index (χ0v) is 19.7. The standard InChI is InChI=1S/C21H35.Bi/c1-19(2,3)13-16-11-10-12-17(14-20(4,5)6)18(16)15-21(7,8)9;/h10-11H,13-15H2,1-9H3;. The molecule has 0 fully saturated rings. The number of hydrogen-bond acceptors (Lipinski definition) is 0. The Morgan fingerprint density at radius 2 is 1.05 bits per heavy atom. The summed E-state index contributed by atoms with van der Waals surface area (Å²) in [5, 5.41) is 0. The summed E-state index contributed by atoms with van der Waals surface area (Å²) in [4.78, 5) is 0. The quantitative estimate of drug-likeness (QED) is 0.502. The van der Waals surface area contributed by atoms with Crippen LogP contribution in [0.25, 0.3) is 0 Å². The van der Waals surface area contributed by atoms with Crippen LogP contribution in [0.5, 0.6) is 0 Å². The molecule has 1 heteroatoms. The SMILES string of the molecule is CC(C)(C)Cc1cc[c]([Bi])c(CC(C)(C)C)c1CC(C)(C)C. The van der Waals surface area contributed by atoms with Gasteiger partial charge in [0.15, 0.2) is 0 Å². The van der Waals surface area contributed by atoms with Gasteiger partial charge in [-0.15, -0.1) is 0 Å². The van der Waals surface area contributed by atoms with E-state index in [4.69, 9.17) is 0 Å². The summed E-state index contributed by atoms with van der Waals surface area (Å²) < 4.78 is 1.58. The van der Waals surface area contributed by atoms with Crippen LogP contribution < -0.4 is 3.27 Å². The first-order chi connectivity index (χ1) is 9.68. The molecule has 124 valence electrons. The molecule has 0 aliphatic carbocycles. The second-order valence-electron chi connectivity index (χ2n) is 10.4. The summed E-state index contributed by atoms with van der Waals surface area (Å²) in [6.07, 6.45) is 3.56. The minimum atomic E-state index is 0.339. The Kier molecular flexibility index (Phi) is 6.34. The van der Waals surface area contributed by atoms with E-state index in [1.807, 2.05) is 0 Å². The topological polar surface area (TPSA) is 0 Å². The van der Waals surface area contributed by atoms with Crippen molar-refractivity contribution < 1.29 is 0 Å². The van der Waals surface area contributed by atoms with Crippen LogP contribution in [0.2, 0.25) is 0 Å². The Bertz CT molecular complexity index is 504. The predicted molar refractivity (Wildman–Crippen MR) is 101 cm³/mol. The van der Waals surface area contributed by atoms with Gasteiger partial charge < -0.3 is 0 Å². The van der Waals surface area contributed by atoms with Crippen LogP contribution in [-0.2, 0) is 19.3 Å². The van der Waals surface area contributed by atoms with E-state index in [1.54, 1.807) is 20.0 Å². The van der Waals surface area contributed by atoms with E-state index in [1.165, 1.54) is 44.0 Å². The van der Waals surface area contributed by atoms with Crippen molar-refractivity contribution in [2.45, 2.75) is 81.6 Å². The average molecular weight is 496 g/mol. The zero-order valence-electron chi connectivity index (χ0n) is 16.2. The molecule has 22 heavy (non-hydrogen) atoms. The van der Waals surface area contributed by atoms with E-state index in [0.29, 0.717) is 16.2 Å². The first kappa shape index (κ1) is 20.1. The Labute approximate surface area is 154 Å². The van der Waals surface area contributed by atoms with E-state index >= 15 is 0 Å². The monoisotopic (exact) mass is 496 g/mol. The molecule has 1 aromatic rings. The van der Waals surface area contributed by atoms with Gasteiger partial charge in [-0.1, -0.05) is 0 Å².